The second-order valence-corrected chi connectivity index (χ2v) is 4.25. The Hall–Kier alpha value is 0.580. The van der Waals surface area contributed by atoms with Crippen molar-refractivity contribution in [1.82, 2.24) is 8.61 Å². The van der Waals surface area contributed by atoms with E-state index in [2.05, 4.69) is 4.13 Å². The highest BCUT2D eigenvalue weighted by atomic mass is 32.2. The fourth-order valence-corrected chi connectivity index (χ4v) is 1.33. The Bertz CT molecular complexity index is 58.8. The first-order chi connectivity index (χ1) is 4.13. The third kappa shape index (κ3) is 8.58. The van der Waals surface area contributed by atoms with Gasteiger partial charge in [-0.25, -0.2) is 0 Å². The zero-order chi connectivity index (χ0) is 7.28. The Morgan fingerprint density at radius 2 is 1.22 bits per heavy atom. The molecule has 56 valence electrons. The van der Waals surface area contributed by atoms with Crippen LogP contribution in [0.25, 0.3) is 4.13 Å². The highest BCUT2D eigenvalue weighted by Crippen LogP contribution is 2.25. The van der Waals surface area contributed by atoms with Gasteiger partial charge in [0.1, 0.15) is 0 Å². The molecule has 0 rings (SSSR count). The maximum atomic E-state index is 4.06. The summed E-state index contributed by atoms with van der Waals surface area (Å²) in [6.07, 6.45) is 0. The minimum Gasteiger partial charge on any atom is -0.523 e. The monoisotopic (exact) mass is 166 g/mol. The Morgan fingerprint density at radius 3 is 1.44 bits per heavy atom. The predicted molar refractivity (Wildman–Crippen MR) is 45.9 cm³/mol. The SMILES string of the molecule is CN(C)S[N-]SN(C)C. The van der Waals surface area contributed by atoms with Crippen LogP contribution in [0.2, 0.25) is 0 Å². The third-order valence-corrected chi connectivity index (χ3v) is 1.58. The van der Waals surface area contributed by atoms with E-state index in [1.165, 1.54) is 24.3 Å². The summed E-state index contributed by atoms with van der Waals surface area (Å²) in [7, 11) is 7.85. The summed E-state index contributed by atoms with van der Waals surface area (Å²) in [6.45, 7) is 0. The second-order valence-electron chi connectivity index (χ2n) is 1.86. The quantitative estimate of drug-likeness (QED) is 0.591. The maximum absolute atomic E-state index is 4.06. The van der Waals surface area contributed by atoms with Crippen LogP contribution in [0.4, 0.5) is 0 Å². The molecule has 0 heterocycles. The lowest BCUT2D eigenvalue weighted by Crippen LogP contribution is -2.00. The van der Waals surface area contributed by atoms with Gasteiger partial charge in [-0.05, 0) is 28.2 Å². The fraction of sp³-hybridized carbons (Fsp3) is 1.00. The first-order valence-electron chi connectivity index (χ1n) is 2.52. The van der Waals surface area contributed by atoms with Crippen molar-refractivity contribution in [3.63, 3.8) is 0 Å². The molecule has 0 aromatic rings. The van der Waals surface area contributed by atoms with E-state index in [9.17, 15) is 0 Å². The summed E-state index contributed by atoms with van der Waals surface area (Å²) in [5.41, 5.74) is 0. The number of rotatable bonds is 4. The van der Waals surface area contributed by atoms with Gasteiger partial charge in [-0.1, -0.05) is 0 Å². The molecule has 0 N–H and O–H groups in total. The van der Waals surface area contributed by atoms with Crippen LogP contribution in [-0.4, -0.2) is 36.8 Å². The molecular weight excluding hydrogens is 154 g/mol. The van der Waals surface area contributed by atoms with Crippen molar-refractivity contribution in [3.05, 3.63) is 4.13 Å². The summed E-state index contributed by atoms with van der Waals surface area (Å²) >= 11 is 2.88. The van der Waals surface area contributed by atoms with Gasteiger partial charge < -0.3 is 4.13 Å². The molecule has 0 amide bonds. The molecule has 0 aromatic heterocycles. The van der Waals surface area contributed by atoms with E-state index < -0.39 is 0 Å². The molecule has 0 bridgehead atoms. The highest BCUT2D eigenvalue weighted by molar-refractivity contribution is 8.18. The minimum absolute atomic E-state index is 1.44. The highest BCUT2D eigenvalue weighted by Gasteiger charge is 1.77. The van der Waals surface area contributed by atoms with Gasteiger partial charge in [0.25, 0.3) is 0 Å². The number of nitrogens with zero attached hydrogens (tertiary/aromatic N) is 3. The van der Waals surface area contributed by atoms with Gasteiger partial charge in [0, 0.05) is 0 Å². The summed E-state index contributed by atoms with van der Waals surface area (Å²) in [4.78, 5) is 0. The van der Waals surface area contributed by atoms with E-state index in [1.807, 2.05) is 36.8 Å². The lowest BCUT2D eigenvalue weighted by atomic mass is 11.3. The van der Waals surface area contributed by atoms with Gasteiger partial charge in [0.05, 0.1) is 0 Å². The molecule has 0 fully saturated rings. The van der Waals surface area contributed by atoms with Crippen LogP contribution in [-0.2, 0) is 0 Å². The Balaban J connectivity index is 2.91. The molecule has 3 nitrogen and oxygen atoms in total. The van der Waals surface area contributed by atoms with Crippen molar-refractivity contribution < 1.29 is 0 Å². The van der Waals surface area contributed by atoms with Gasteiger partial charge >= 0.3 is 0 Å². The zero-order valence-corrected chi connectivity index (χ0v) is 7.79. The van der Waals surface area contributed by atoms with E-state index in [4.69, 9.17) is 0 Å². The van der Waals surface area contributed by atoms with Crippen molar-refractivity contribution in [1.29, 1.82) is 0 Å². The largest absolute Gasteiger partial charge is 0.523 e. The average molecular weight is 166 g/mol. The van der Waals surface area contributed by atoms with Crippen molar-refractivity contribution in [2.75, 3.05) is 28.2 Å². The van der Waals surface area contributed by atoms with Gasteiger partial charge in [-0.2, -0.15) is 24.3 Å². The normalized spacial score (nSPS) is 11.3. The molecule has 0 atom stereocenters. The molecule has 0 spiro atoms. The van der Waals surface area contributed by atoms with Crippen molar-refractivity contribution in [2.45, 2.75) is 0 Å². The van der Waals surface area contributed by atoms with E-state index in [0.717, 1.165) is 0 Å². The predicted octanol–water partition coefficient (Wildman–Crippen LogP) is 1.61. The van der Waals surface area contributed by atoms with Gasteiger partial charge in [-0.15, -0.1) is 0 Å². The first-order valence-corrected chi connectivity index (χ1v) is 3.98. The Kier molecular flexibility index (Phi) is 5.72. The molecule has 0 saturated carbocycles. The van der Waals surface area contributed by atoms with Crippen LogP contribution in [0.3, 0.4) is 0 Å². The van der Waals surface area contributed by atoms with E-state index in [0.29, 0.717) is 0 Å². The lowest BCUT2D eigenvalue weighted by molar-refractivity contribution is 0.702. The Morgan fingerprint density at radius 1 is 0.889 bits per heavy atom. The molecule has 0 aliphatic heterocycles. The van der Waals surface area contributed by atoms with Gasteiger partial charge in [0.2, 0.25) is 0 Å². The molecule has 0 radical (unpaired) electrons. The van der Waals surface area contributed by atoms with Crippen molar-refractivity contribution in [3.8, 4) is 0 Å². The third-order valence-electron chi connectivity index (χ3n) is 0.393. The fourth-order valence-electron chi connectivity index (χ4n) is 0.148. The second kappa shape index (κ2) is 5.37. The van der Waals surface area contributed by atoms with Crippen LogP contribution in [0.15, 0.2) is 0 Å². The molecule has 0 aliphatic carbocycles. The number of hydrogen-bond donors (Lipinski definition) is 0. The molecule has 9 heavy (non-hydrogen) atoms. The maximum Gasteiger partial charge on any atom is -0.00441 e. The molecule has 0 aliphatic rings. The topological polar surface area (TPSA) is 20.6 Å². The molecular formula is C4H12N3S2-. The van der Waals surface area contributed by atoms with Gasteiger partial charge in [-0.3, -0.25) is 8.61 Å². The standard InChI is InChI=1S/C4H12N3S2/c1-6(2)8-5-9-7(3)4/h1-4H3/q-1. The number of hydrogen-bond acceptors (Lipinski definition) is 4. The van der Waals surface area contributed by atoms with Crippen molar-refractivity contribution >= 4 is 24.3 Å². The summed E-state index contributed by atoms with van der Waals surface area (Å²) in [6, 6.07) is 0. The van der Waals surface area contributed by atoms with Crippen LogP contribution < -0.4 is 0 Å². The van der Waals surface area contributed by atoms with Gasteiger partial charge in [0.15, 0.2) is 0 Å². The molecule has 0 unspecified atom stereocenters. The van der Waals surface area contributed by atoms with E-state index in [1.54, 1.807) is 0 Å². The van der Waals surface area contributed by atoms with E-state index >= 15 is 0 Å². The van der Waals surface area contributed by atoms with Crippen molar-refractivity contribution in [2.24, 2.45) is 0 Å². The average Bonchev–Trinajstić information content (AvgIpc) is 1.63. The molecule has 0 aromatic carbocycles. The first kappa shape index (κ1) is 9.58. The zero-order valence-electron chi connectivity index (χ0n) is 6.16. The summed E-state index contributed by atoms with van der Waals surface area (Å²) < 4.78 is 7.94. The molecule has 0 saturated heterocycles. The van der Waals surface area contributed by atoms with Crippen LogP contribution >= 0.6 is 24.3 Å². The summed E-state index contributed by atoms with van der Waals surface area (Å²) in [5, 5.41) is 0. The minimum atomic E-state index is 1.44. The smallest absolute Gasteiger partial charge is 0.00441 e. The van der Waals surface area contributed by atoms with Crippen LogP contribution in [0.5, 0.6) is 0 Å². The summed E-state index contributed by atoms with van der Waals surface area (Å²) in [5.74, 6) is 0. The molecule has 5 heteroatoms. The van der Waals surface area contributed by atoms with Crippen LogP contribution in [0.1, 0.15) is 0 Å². The van der Waals surface area contributed by atoms with Crippen LogP contribution in [0, 0.1) is 0 Å². The van der Waals surface area contributed by atoms with E-state index in [-0.39, 0.29) is 0 Å². The Labute approximate surface area is 65.7 Å². The lowest BCUT2D eigenvalue weighted by Gasteiger charge is -2.26.